The fraction of sp³-hybridized carbons (Fsp3) is 0.907. The van der Waals surface area contributed by atoms with Crippen LogP contribution in [0, 0.1) is 0 Å². The number of carbonyl (C=O) groups is 2. The van der Waals surface area contributed by atoms with Gasteiger partial charge in [-0.1, -0.05) is 161 Å². The van der Waals surface area contributed by atoms with E-state index in [1.807, 2.05) is 21.1 Å². The predicted octanol–water partition coefficient (Wildman–Crippen LogP) is 11.6. The van der Waals surface area contributed by atoms with E-state index >= 15 is 0 Å². The minimum atomic E-state index is -4.62. The van der Waals surface area contributed by atoms with Crippen LogP contribution in [-0.4, -0.2) is 70.0 Å². The van der Waals surface area contributed by atoms with E-state index in [2.05, 4.69) is 26.0 Å². The molecule has 0 fully saturated rings. The Hall–Kier alpha value is -1.25. The van der Waals surface area contributed by atoms with E-state index in [1.54, 1.807) is 0 Å². The number of phosphoric ester groups is 1. The van der Waals surface area contributed by atoms with Gasteiger partial charge in [0.1, 0.15) is 19.8 Å². The summed E-state index contributed by atoms with van der Waals surface area (Å²) in [4.78, 5) is 37.5. The molecule has 0 spiro atoms. The van der Waals surface area contributed by atoms with Crippen molar-refractivity contribution < 1.29 is 42.1 Å². The normalized spacial score (nSPS) is 13.7. The summed E-state index contributed by atoms with van der Waals surface area (Å²) in [7, 11) is 1.17. The number of hydrogen-bond donors (Lipinski definition) is 0. The highest BCUT2D eigenvalue weighted by Gasteiger charge is 2.21. The number of unbranched alkanes of at least 4 members (excludes halogenated alkanes) is 24. The third-order valence-electron chi connectivity index (χ3n) is 9.54. The molecule has 0 saturated heterocycles. The minimum absolute atomic E-state index is 0.0294. The van der Waals surface area contributed by atoms with Crippen LogP contribution in [0.3, 0.4) is 0 Å². The summed E-state index contributed by atoms with van der Waals surface area (Å²) in [6, 6.07) is 0. The summed E-state index contributed by atoms with van der Waals surface area (Å²) in [5.74, 6) is -0.835. The maximum Gasteiger partial charge on any atom is 0.306 e. The first kappa shape index (κ1) is 51.8. The summed E-state index contributed by atoms with van der Waals surface area (Å²) >= 11 is 0. The van der Waals surface area contributed by atoms with Crippen molar-refractivity contribution in [1.29, 1.82) is 0 Å². The molecule has 2 atom stereocenters. The second-order valence-electron chi connectivity index (χ2n) is 16.1. The molecule has 2 unspecified atom stereocenters. The van der Waals surface area contributed by atoms with Crippen LogP contribution in [0.5, 0.6) is 0 Å². The van der Waals surface area contributed by atoms with Gasteiger partial charge in [0.15, 0.2) is 6.10 Å². The van der Waals surface area contributed by atoms with Gasteiger partial charge in [-0.2, -0.15) is 0 Å². The third-order valence-corrected chi connectivity index (χ3v) is 10.5. The molecule has 0 aliphatic heterocycles. The van der Waals surface area contributed by atoms with E-state index in [1.165, 1.54) is 116 Å². The van der Waals surface area contributed by atoms with Crippen molar-refractivity contribution in [3.05, 3.63) is 12.2 Å². The predicted molar refractivity (Wildman–Crippen MR) is 218 cm³/mol. The summed E-state index contributed by atoms with van der Waals surface area (Å²) in [6.07, 6.45) is 36.6. The summed E-state index contributed by atoms with van der Waals surface area (Å²) in [6.45, 7) is 4.23. The first-order valence-corrected chi connectivity index (χ1v) is 23.4. The highest BCUT2D eigenvalue weighted by Crippen LogP contribution is 2.38. The maximum atomic E-state index is 12.7. The Balaban J connectivity index is 4.36. The second-order valence-corrected chi connectivity index (χ2v) is 17.5. The average molecular weight is 774 g/mol. The Morgan fingerprint density at radius 2 is 0.962 bits per heavy atom. The number of phosphoric acid groups is 1. The van der Waals surface area contributed by atoms with E-state index in [0.717, 1.165) is 51.4 Å². The number of likely N-dealkylation sites (N-methyl/N-ethyl adjacent to an activating group) is 1. The molecule has 0 rings (SSSR count). The highest BCUT2D eigenvalue weighted by molar-refractivity contribution is 7.45. The molecule has 0 bridgehead atoms. The topological polar surface area (TPSA) is 111 Å². The molecule has 314 valence electrons. The molecular formula is C43H84NO8P. The minimum Gasteiger partial charge on any atom is -0.756 e. The summed E-state index contributed by atoms with van der Waals surface area (Å²) in [5.41, 5.74) is 0. The molecule has 10 heteroatoms. The first-order chi connectivity index (χ1) is 25.5. The van der Waals surface area contributed by atoms with Gasteiger partial charge in [-0.3, -0.25) is 14.2 Å². The van der Waals surface area contributed by atoms with Crippen LogP contribution in [0.1, 0.15) is 200 Å². The number of ether oxygens (including phenoxy) is 2. The van der Waals surface area contributed by atoms with Crippen LogP contribution >= 0.6 is 7.82 Å². The van der Waals surface area contributed by atoms with E-state index < -0.39 is 26.5 Å². The fourth-order valence-electron chi connectivity index (χ4n) is 6.06. The smallest absolute Gasteiger partial charge is 0.306 e. The quantitative estimate of drug-likeness (QED) is 0.0199. The highest BCUT2D eigenvalue weighted by atomic mass is 31.2. The Morgan fingerprint density at radius 3 is 1.40 bits per heavy atom. The monoisotopic (exact) mass is 774 g/mol. The molecule has 0 amide bonds. The average Bonchev–Trinajstić information content (AvgIpc) is 3.10. The van der Waals surface area contributed by atoms with Crippen molar-refractivity contribution in [2.45, 2.75) is 206 Å². The van der Waals surface area contributed by atoms with Crippen molar-refractivity contribution in [3.63, 3.8) is 0 Å². The van der Waals surface area contributed by atoms with Crippen LogP contribution in [0.15, 0.2) is 12.2 Å². The molecule has 0 aromatic carbocycles. The van der Waals surface area contributed by atoms with Gasteiger partial charge in [-0.25, -0.2) is 0 Å². The van der Waals surface area contributed by atoms with Crippen LogP contribution in [0.4, 0.5) is 0 Å². The standard InChI is InChI=1S/C43H84NO8P/c1-6-8-10-12-14-16-18-20-22-24-26-28-30-32-34-36-43(46)52-41(40-51-53(47,48)50-38-37-44(3,4)5)39-49-42(45)35-33-31-29-27-25-23-21-19-17-15-13-11-9-7-2/h20,22,41H,6-19,21,23-40H2,1-5H3/b22-20-. The fourth-order valence-corrected chi connectivity index (χ4v) is 6.79. The van der Waals surface area contributed by atoms with Crippen molar-refractivity contribution in [1.82, 2.24) is 0 Å². The van der Waals surface area contributed by atoms with Crippen LogP contribution in [-0.2, 0) is 32.7 Å². The van der Waals surface area contributed by atoms with Gasteiger partial charge >= 0.3 is 11.9 Å². The zero-order chi connectivity index (χ0) is 39.3. The maximum absolute atomic E-state index is 12.7. The zero-order valence-corrected chi connectivity index (χ0v) is 36.1. The number of nitrogens with zero attached hydrogens (tertiary/aromatic N) is 1. The van der Waals surface area contributed by atoms with Gasteiger partial charge < -0.3 is 27.9 Å². The van der Waals surface area contributed by atoms with E-state index in [0.29, 0.717) is 17.4 Å². The van der Waals surface area contributed by atoms with Gasteiger partial charge in [0, 0.05) is 12.8 Å². The molecule has 0 heterocycles. The molecule has 0 aliphatic carbocycles. The number of hydrogen-bond acceptors (Lipinski definition) is 8. The summed E-state index contributed by atoms with van der Waals surface area (Å²) < 4.78 is 33.9. The lowest BCUT2D eigenvalue weighted by Crippen LogP contribution is -2.37. The van der Waals surface area contributed by atoms with E-state index in [4.69, 9.17) is 18.5 Å². The van der Waals surface area contributed by atoms with Crippen LogP contribution in [0.2, 0.25) is 0 Å². The van der Waals surface area contributed by atoms with Gasteiger partial charge in [0.05, 0.1) is 27.7 Å². The molecule has 0 N–H and O–H groups in total. The lowest BCUT2D eigenvalue weighted by atomic mass is 10.0. The number of esters is 2. The van der Waals surface area contributed by atoms with Gasteiger partial charge in [-0.15, -0.1) is 0 Å². The van der Waals surface area contributed by atoms with Gasteiger partial charge in [0.2, 0.25) is 0 Å². The number of carbonyl (C=O) groups excluding carboxylic acids is 2. The van der Waals surface area contributed by atoms with E-state index in [-0.39, 0.29) is 32.0 Å². The van der Waals surface area contributed by atoms with Crippen LogP contribution < -0.4 is 4.89 Å². The SMILES string of the molecule is CCCCCCCC/C=C\CCCCCCCC(=O)OC(COC(=O)CCCCCCCCCCCCCCCC)COP(=O)([O-])OCC[N+](C)(C)C. The molecule has 0 saturated carbocycles. The van der Waals surface area contributed by atoms with Gasteiger partial charge in [-0.05, 0) is 38.5 Å². The van der Waals surface area contributed by atoms with Crippen molar-refractivity contribution in [2.24, 2.45) is 0 Å². The number of quaternary nitrogens is 1. The number of rotatable bonds is 40. The van der Waals surface area contributed by atoms with Crippen molar-refractivity contribution >= 4 is 19.8 Å². The lowest BCUT2D eigenvalue weighted by Gasteiger charge is -2.28. The Bertz CT molecular complexity index is 922. The third kappa shape index (κ3) is 40.2. The lowest BCUT2D eigenvalue weighted by molar-refractivity contribution is -0.870. The molecule has 0 aliphatic rings. The van der Waals surface area contributed by atoms with Crippen molar-refractivity contribution in [3.8, 4) is 0 Å². The van der Waals surface area contributed by atoms with E-state index in [9.17, 15) is 19.0 Å². The Morgan fingerprint density at radius 1 is 0.566 bits per heavy atom. The molecule has 53 heavy (non-hydrogen) atoms. The second kappa shape index (κ2) is 36.4. The molecule has 0 aromatic rings. The summed E-state index contributed by atoms with van der Waals surface area (Å²) in [5, 5.41) is 0. The Labute approximate surface area is 326 Å². The molecular weight excluding hydrogens is 689 g/mol. The number of allylic oxidation sites excluding steroid dienone is 2. The molecule has 9 nitrogen and oxygen atoms in total. The largest absolute Gasteiger partial charge is 0.756 e. The first-order valence-electron chi connectivity index (χ1n) is 21.9. The zero-order valence-electron chi connectivity index (χ0n) is 35.2. The molecule has 0 aromatic heterocycles. The molecule has 0 radical (unpaired) electrons. The van der Waals surface area contributed by atoms with Crippen molar-refractivity contribution in [2.75, 3.05) is 47.5 Å². The Kier molecular flexibility index (Phi) is 35.5. The van der Waals surface area contributed by atoms with Gasteiger partial charge in [0.25, 0.3) is 7.82 Å². The van der Waals surface area contributed by atoms with Crippen LogP contribution in [0.25, 0.3) is 0 Å².